The summed E-state index contributed by atoms with van der Waals surface area (Å²) in [7, 11) is 1.58. The number of hydrogen-bond donors (Lipinski definition) is 0. The molecule has 3 heterocycles. The SMILES string of the molecule is CCc1cc(C#CCn2c(=O)n(C)c(=O)c3c2nc(S(=O)(=O)Cc2cc(OC)ccc2OC)n3C)ccn1. The van der Waals surface area contributed by atoms with E-state index >= 15 is 0 Å². The fourth-order valence-electron chi connectivity index (χ4n) is 4.06. The molecule has 0 aliphatic heterocycles. The minimum atomic E-state index is -4.08. The fourth-order valence-corrected chi connectivity index (χ4v) is 5.56. The first kappa shape index (κ1) is 26.7. The summed E-state index contributed by atoms with van der Waals surface area (Å²) in [4.78, 5) is 34.5. The van der Waals surface area contributed by atoms with Gasteiger partial charge in [0.15, 0.2) is 11.2 Å². The number of imidazole rings is 1. The molecule has 0 unspecified atom stereocenters. The van der Waals surface area contributed by atoms with Crippen molar-refractivity contribution in [2.45, 2.75) is 30.8 Å². The molecule has 0 amide bonds. The number of ether oxygens (including phenoxy) is 2. The molecule has 0 fully saturated rings. The van der Waals surface area contributed by atoms with Crippen LogP contribution in [0, 0.1) is 11.8 Å². The second-order valence-corrected chi connectivity index (χ2v) is 10.4. The number of hydrogen-bond acceptors (Lipinski definition) is 8. The maximum Gasteiger partial charge on any atom is 0.333 e. The highest BCUT2D eigenvalue weighted by molar-refractivity contribution is 7.90. The average molecular weight is 538 g/mol. The van der Waals surface area contributed by atoms with E-state index < -0.39 is 26.8 Å². The van der Waals surface area contributed by atoms with Crippen molar-refractivity contribution in [3.63, 3.8) is 0 Å². The van der Waals surface area contributed by atoms with E-state index in [-0.39, 0.29) is 22.9 Å². The molecule has 0 atom stereocenters. The van der Waals surface area contributed by atoms with E-state index in [4.69, 9.17) is 9.47 Å². The van der Waals surface area contributed by atoms with Gasteiger partial charge in [-0.1, -0.05) is 18.8 Å². The van der Waals surface area contributed by atoms with Crippen molar-refractivity contribution < 1.29 is 17.9 Å². The third kappa shape index (κ3) is 4.92. The molecular formula is C26H27N5O6S. The molecule has 38 heavy (non-hydrogen) atoms. The molecule has 0 aliphatic carbocycles. The first-order chi connectivity index (χ1) is 18.1. The third-order valence-electron chi connectivity index (χ3n) is 6.08. The van der Waals surface area contributed by atoms with Crippen LogP contribution in [0.5, 0.6) is 11.5 Å². The number of nitrogens with zero attached hydrogens (tertiary/aromatic N) is 5. The molecule has 4 aromatic rings. The molecule has 12 heteroatoms. The number of aromatic nitrogens is 5. The lowest BCUT2D eigenvalue weighted by Crippen LogP contribution is -2.38. The quantitative estimate of drug-likeness (QED) is 0.324. The van der Waals surface area contributed by atoms with Crippen LogP contribution < -0.4 is 20.7 Å². The normalized spacial score (nSPS) is 11.3. The Labute approximate surface area is 219 Å². The lowest BCUT2D eigenvalue weighted by atomic mass is 10.2. The van der Waals surface area contributed by atoms with Crippen LogP contribution in [0.25, 0.3) is 11.2 Å². The molecule has 0 spiro atoms. The van der Waals surface area contributed by atoms with Gasteiger partial charge in [-0.15, -0.1) is 0 Å². The lowest BCUT2D eigenvalue weighted by molar-refractivity contribution is 0.400. The van der Waals surface area contributed by atoms with Crippen molar-refractivity contribution in [3.8, 4) is 23.3 Å². The highest BCUT2D eigenvalue weighted by atomic mass is 32.2. The standard InChI is InChI=1S/C26H27N5O6S/c1-6-19-14-17(11-12-27-19)8-7-13-31-23-22(24(32)30(3)26(31)33)29(2)25(28-23)38(34,35)16-18-15-20(36-4)9-10-21(18)37-5/h9-12,14-15H,6,13,16H2,1-5H3. The topological polar surface area (TPSA) is 127 Å². The van der Waals surface area contributed by atoms with Crippen LogP contribution in [-0.2, 0) is 42.7 Å². The molecule has 0 N–H and O–H groups in total. The second-order valence-electron chi connectivity index (χ2n) is 8.49. The average Bonchev–Trinajstić information content (AvgIpc) is 3.27. The summed E-state index contributed by atoms with van der Waals surface area (Å²) in [5, 5.41) is -0.358. The van der Waals surface area contributed by atoms with Crippen LogP contribution in [0.15, 0.2) is 51.3 Å². The summed E-state index contributed by atoms with van der Waals surface area (Å²) >= 11 is 0. The van der Waals surface area contributed by atoms with Crippen LogP contribution in [0.3, 0.4) is 0 Å². The zero-order valence-corrected chi connectivity index (χ0v) is 22.5. The van der Waals surface area contributed by atoms with Crippen LogP contribution in [0.4, 0.5) is 0 Å². The van der Waals surface area contributed by atoms with Crippen LogP contribution in [0.1, 0.15) is 23.7 Å². The Morgan fingerprint density at radius 3 is 2.47 bits per heavy atom. The number of benzene rings is 1. The zero-order valence-electron chi connectivity index (χ0n) is 21.7. The van der Waals surface area contributed by atoms with Gasteiger partial charge in [-0.2, -0.15) is 4.98 Å². The second kappa shape index (κ2) is 10.5. The predicted molar refractivity (Wildman–Crippen MR) is 141 cm³/mol. The monoisotopic (exact) mass is 537 g/mol. The van der Waals surface area contributed by atoms with Crippen molar-refractivity contribution in [2.24, 2.45) is 14.1 Å². The van der Waals surface area contributed by atoms with E-state index in [1.54, 1.807) is 30.5 Å². The number of sulfone groups is 1. The summed E-state index contributed by atoms with van der Waals surface area (Å²) in [5.74, 6) is 6.27. The Bertz CT molecular complexity index is 1820. The van der Waals surface area contributed by atoms with Crippen molar-refractivity contribution in [1.82, 2.24) is 23.7 Å². The molecule has 4 rings (SSSR count). The van der Waals surface area contributed by atoms with Crippen molar-refractivity contribution >= 4 is 21.0 Å². The van der Waals surface area contributed by atoms with Crippen LogP contribution >= 0.6 is 0 Å². The smallest absolute Gasteiger partial charge is 0.333 e. The van der Waals surface area contributed by atoms with Crippen LogP contribution in [0.2, 0.25) is 0 Å². The Kier molecular flexibility index (Phi) is 7.41. The van der Waals surface area contributed by atoms with E-state index in [0.717, 1.165) is 22.2 Å². The Hall–Kier alpha value is -4.37. The fraction of sp³-hybridized carbons (Fsp3) is 0.308. The number of aryl methyl sites for hydroxylation is 2. The molecule has 0 radical (unpaired) electrons. The zero-order chi connectivity index (χ0) is 27.6. The van der Waals surface area contributed by atoms with Gasteiger partial charge in [0.25, 0.3) is 5.56 Å². The largest absolute Gasteiger partial charge is 0.497 e. The van der Waals surface area contributed by atoms with Crippen molar-refractivity contribution in [2.75, 3.05) is 14.2 Å². The van der Waals surface area contributed by atoms with Gasteiger partial charge in [0, 0.05) is 37.1 Å². The van der Waals surface area contributed by atoms with Crippen molar-refractivity contribution in [3.05, 3.63) is 74.2 Å². The third-order valence-corrected chi connectivity index (χ3v) is 7.69. The van der Waals surface area contributed by atoms with E-state index in [0.29, 0.717) is 17.1 Å². The predicted octanol–water partition coefficient (Wildman–Crippen LogP) is 1.43. The van der Waals surface area contributed by atoms with Gasteiger partial charge < -0.3 is 14.0 Å². The number of pyridine rings is 1. The van der Waals surface area contributed by atoms with Gasteiger partial charge in [0.2, 0.25) is 15.0 Å². The lowest BCUT2D eigenvalue weighted by Gasteiger charge is -2.11. The molecule has 1 aromatic carbocycles. The van der Waals surface area contributed by atoms with Gasteiger partial charge >= 0.3 is 5.69 Å². The maximum absolute atomic E-state index is 13.5. The summed E-state index contributed by atoms with van der Waals surface area (Å²) in [6.45, 7) is 1.88. The Morgan fingerprint density at radius 2 is 1.79 bits per heavy atom. The van der Waals surface area contributed by atoms with E-state index in [2.05, 4.69) is 21.8 Å². The molecule has 0 saturated carbocycles. The first-order valence-electron chi connectivity index (χ1n) is 11.6. The molecule has 3 aromatic heterocycles. The van der Waals surface area contributed by atoms with Gasteiger partial charge in [-0.3, -0.25) is 18.9 Å². The van der Waals surface area contributed by atoms with E-state index in [1.165, 1.54) is 37.4 Å². The summed E-state index contributed by atoms with van der Waals surface area (Å²) in [5.41, 5.74) is 0.563. The number of rotatable bonds is 7. The maximum atomic E-state index is 13.5. The van der Waals surface area contributed by atoms with E-state index in [1.807, 2.05) is 13.0 Å². The molecule has 0 bridgehead atoms. The highest BCUT2D eigenvalue weighted by Crippen LogP contribution is 2.28. The minimum Gasteiger partial charge on any atom is -0.497 e. The van der Waals surface area contributed by atoms with Gasteiger partial charge in [-0.25, -0.2) is 13.2 Å². The highest BCUT2D eigenvalue weighted by Gasteiger charge is 2.28. The minimum absolute atomic E-state index is 0.0257. The Morgan fingerprint density at radius 1 is 1.03 bits per heavy atom. The van der Waals surface area contributed by atoms with Gasteiger partial charge in [0.1, 0.15) is 11.5 Å². The summed E-state index contributed by atoms with van der Waals surface area (Å²) in [6.07, 6.45) is 2.41. The molecule has 198 valence electrons. The summed E-state index contributed by atoms with van der Waals surface area (Å²) in [6, 6.07) is 8.43. The van der Waals surface area contributed by atoms with E-state index in [9.17, 15) is 18.0 Å². The summed E-state index contributed by atoms with van der Waals surface area (Å²) < 4.78 is 40.8. The Balaban J connectivity index is 1.82. The number of methoxy groups -OCH3 is 2. The van der Waals surface area contributed by atoms with Gasteiger partial charge in [0.05, 0.1) is 26.5 Å². The van der Waals surface area contributed by atoms with Crippen molar-refractivity contribution in [1.29, 1.82) is 0 Å². The molecule has 0 saturated heterocycles. The van der Waals surface area contributed by atoms with Gasteiger partial charge in [-0.05, 0) is 36.8 Å². The first-order valence-corrected chi connectivity index (χ1v) is 13.3. The molecular weight excluding hydrogens is 510 g/mol. The molecule has 0 aliphatic rings. The molecule has 11 nitrogen and oxygen atoms in total. The van der Waals surface area contributed by atoms with Crippen LogP contribution in [-0.4, -0.2) is 46.3 Å². The number of fused-ring (bicyclic) bond motifs is 1.